The van der Waals surface area contributed by atoms with E-state index in [2.05, 4.69) is 0 Å². The van der Waals surface area contributed by atoms with Crippen LogP contribution < -0.4 is 0 Å². The van der Waals surface area contributed by atoms with E-state index in [9.17, 15) is 23.1 Å². The molecule has 9 nitrogen and oxygen atoms in total. The van der Waals surface area contributed by atoms with Gasteiger partial charge in [0.2, 0.25) is 10.0 Å². The summed E-state index contributed by atoms with van der Waals surface area (Å²) in [4.78, 5) is 24.5. The maximum absolute atomic E-state index is 11.8. The number of piperazine rings is 1. The minimum atomic E-state index is -3.50. The number of hydrogen-bond donors (Lipinski definition) is 2. The van der Waals surface area contributed by atoms with Crippen LogP contribution in [0.1, 0.15) is 13.8 Å². The number of carbonyl (C=O) groups is 2. The highest BCUT2D eigenvalue weighted by Crippen LogP contribution is 2.15. The van der Waals surface area contributed by atoms with Crippen LogP contribution in [0.5, 0.6) is 0 Å². The summed E-state index contributed by atoms with van der Waals surface area (Å²) in [6, 6.07) is -1.06. The van der Waals surface area contributed by atoms with Gasteiger partial charge in [0.1, 0.15) is 0 Å². The molecule has 1 aliphatic heterocycles. The van der Waals surface area contributed by atoms with Gasteiger partial charge in [0, 0.05) is 32.2 Å². The number of sulfonamides is 1. The molecule has 0 radical (unpaired) electrons. The molecule has 21 heavy (non-hydrogen) atoms. The Morgan fingerprint density at radius 3 is 2.19 bits per heavy atom. The molecule has 122 valence electrons. The molecule has 1 rings (SSSR count). The number of rotatable bonds is 4. The highest BCUT2D eigenvalue weighted by atomic mass is 32.2. The van der Waals surface area contributed by atoms with Crippen molar-refractivity contribution in [3.63, 3.8) is 0 Å². The Morgan fingerprint density at radius 1 is 1.24 bits per heavy atom. The summed E-state index contributed by atoms with van der Waals surface area (Å²) in [5.74, 6) is 0. The van der Waals surface area contributed by atoms with Crippen molar-refractivity contribution in [3.8, 4) is 0 Å². The van der Waals surface area contributed by atoms with Crippen molar-refractivity contribution in [1.29, 1.82) is 0 Å². The smallest absolute Gasteiger partial charge is 0.407 e. The summed E-state index contributed by atoms with van der Waals surface area (Å²) >= 11 is 0. The predicted octanol–water partition coefficient (Wildman–Crippen LogP) is -0.00140. The Balaban J connectivity index is 2.96. The predicted molar refractivity (Wildman–Crippen MR) is 74.8 cm³/mol. The fourth-order valence-corrected chi connectivity index (χ4v) is 3.58. The zero-order chi connectivity index (χ0) is 16.4. The van der Waals surface area contributed by atoms with Crippen molar-refractivity contribution in [2.45, 2.75) is 25.9 Å². The second kappa shape index (κ2) is 6.48. The quantitative estimate of drug-likeness (QED) is 0.751. The van der Waals surface area contributed by atoms with Crippen LogP contribution in [0.4, 0.5) is 9.59 Å². The van der Waals surface area contributed by atoms with Crippen molar-refractivity contribution in [2.24, 2.45) is 0 Å². The molecule has 0 aromatic rings. The fraction of sp³-hybridized carbons (Fsp3) is 0.818. The fourth-order valence-electron chi connectivity index (χ4n) is 2.37. The third-order valence-electron chi connectivity index (χ3n) is 3.39. The van der Waals surface area contributed by atoms with E-state index in [0.29, 0.717) is 0 Å². The van der Waals surface area contributed by atoms with Crippen molar-refractivity contribution in [2.75, 3.05) is 32.4 Å². The second-order valence-electron chi connectivity index (χ2n) is 5.28. The van der Waals surface area contributed by atoms with Crippen LogP contribution in [0.15, 0.2) is 0 Å². The first-order valence-corrected chi connectivity index (χ1v) is 8.33. The average molecular weight is 323 g/mol. The lowest BCUT2D eigenvalue weighted by molar-refractivity contribution is 0.0557. The zero-order valence-electron chi connectivity index (χ0n) is 12.3. The molecule has 0 aliphatic carbocycles. The summed E-state index contributed by atoms with van der Waals surface area (Å²) in [6.45, 7) is 3.38. The van der Waals surface area contributed by atoms with E-state index in [4.69, 9.17) is 5.11 Å². The van der Waals surface area contributed by atoms with Gasteiger partial charge in [0.15, 0.2) is 0 Å². The second-order valence-corrected chi connectivity index (χ2v) is 7.22. The molecule has 1 aliphatic rings. The molecular formula is C11H21N3O6S. The Hall–Kier alpha value is -1.55. The van der Waals surface area contributed by atoms with Gasteiger partial charge in [-0.25, -0.2) is 18.0 Å². The Morgan fingerprint density at radius 2 is 1.81 bits per heavy atom. The molecule has 2 N–H and O–H groups in total. The lowest BCUT2D eigenvalue weighted by Gasteiger charge is -2.41. The third kappa shape index (κ3) is 4.46. The van der Waals surface area contributed by atoms with Gasteiger partial charge in [-0.3, -0.25) is 0 Å². The van der Waals surface area contributed by atoms with Gasteiger partial charge in [-0.15, -0.1) is 0 Å². The van der Waals surface area contributed by atoms with Crippen molar-refractivity contribution in [1.82, 2.24) is 14.1 Å². The van der Waals surface area contributed by atoms with Crippen LogP contribution in [-0.4, -0.2) is 89.4 Å². The highest BCUT2D eigenvalue weighted by molar-refractivity contribution is 7.88. The molecule has 1 atom stereocenters. The van der Waals surface area contributed by atoms with Crippen LogP contribution >= 0.6 is 0 Å². The van der Waals surface area contributed by atoms with Crippen LogP contribution in [0.2, 0.25) is 0 Å². The van der Waals surface area contributed by atoms with Crippen molar-refractivity contribution >= 4 is 22.2 Å². The maximum Gasteiger partial charge on any atom is 0.407 e. The molecule has 2 amide bonds. The molecule has 0 saturated carbocycles. The number of carboxylic acid groups (broad SMARTS) is 2. The van der Waals surface area contributed by atoms with Gasteiger partial charge in [0.05, 0.1) is 12.3 Å². The number of amides is 2. The molecule has 1 fully saturated rings. The van der Waals surface area contributed by atoms with Gasteiger partial charge in [0.25, 0.3) is 0 Å². The lowest BCUT2D eigenvalue weighted by atomic mass is 10.1. The third-order valence-corrected chi connectivity index (χ3v) is 4.81. The van der Waals surface area contributed by atoms with Crippen LogP contribution in [0, 0.1) is 0 Å². The standard InChI is InChI=1S/C11H21N3O6S/c1-8(2)14(21(3,19)20)7-9-6-12(10(15)16)4-5-13(9)11(17)18/h8-9H,4-7H2,1-3H3,(H,15,16)(H,17,18)/t9-/m1/s1. The van der Waals surface area contributed by atoms with Crippen molar-refractivity contribution < 1.29 is 28.2 Å². The van der Waals surface area contributed by atoms with E-state index in [1.54, 1.807) is 13.8 Å². The van der Waals surface area contributed by atoms with Gasteiger partial charge < -0.3 is 20.0 Å². The molecule has 0 aromatic carbocycles. The first-order valence-electron chi connectivity index (χ1n) is 6.48. The summed E-state index contributed by atoms with van der Waals surface area (Å²) in [6.07, 6.45) is -1.27. The van der Waals surface area contributed by atoms with Gasteiger partial charge in [-0.2, -0.15) is 4.31 Å². The van der Waals surface area contributed by atoms with E-state index in [-0.39, 0.29) is 32.2 Å². The Bertz CT molecular complexity index is 506. The van der Waals surface area contributed by atoms with Crippen LogP contribution in [0.25, 0.3) is 0 Å². The van der Waals surface area contributed by atoms with E-state index in [0.717, 1.165) is 16.1 Å². The summed E-state index contributed by atoms with van der Waals surface area (Å²) in [7, 11) is -3.50. The topological polar surface area (TPSA) is 118 Å². The largest absolute Gasteiger partial charge is 0.465 e. The van der Waals surface area contributed by atoms with Gasteiger partial charge >= 0.3 is 12.2 Å². The molecule has 0 unspecified atom stereocenters. The normalized spacial score (nSPS) is 20.1. The molecular weight excluding hydrogens is 302 g/mol. The molecule has 1 saturated heterocycles. The maximum atomic E-state index is 11.8. The van der Waals surface area contributed by atoms with Gasteiger partial charge in [-0.1, -0.05) is 0 Å². The molecule has 0 aromatic heterocycles. The average Bonchev–Trinajstić information content (AvgIpc) is 2.33. The zero-order valence-corrected chi connectivity index (χ0v) is 13.1. The van der Waals surface area contributed by atoms with E-state index < -0.39 is 28.3 Å². The monoisotopic (exact) mass is 323 g/mol. The SMILES string of the molecule is CC(C)N(C[C@H]1CN(C(=O)O)CCN1C(=O)O)S(C)(=O)=O. The lowest BCUT2D eigenvalue weighted by Crippen LogP contribution is -2.60. The Labute approximate surface area is 123 Å². The van der Waals surface area contributed by atoms with Gasteiger partial charge in [-0.05, 0) is 13.8 Å². The van der Waals surface area contributed by atoms with Crippen LogP contribution in [-0.2, 0) is 10.0 Å². The number of nitrogens with zero attached hydrogens (tertiary/aromatic N) is 3. The number of hydrogen-bond acceptors (Lipinski definition) is 4. The minimum Gasteiger partial charge on any atom is -0.465 e. The first-order chi connectivity index (χ1) is 9.54. The summed E-state index contributed by atoms with van der Waals surface area (Å²) < 4.78 is 24.7. The van der Waals surface area contributed by atoms with E-state index in [1.807, 2.05) is 0 Å². The molecule has 0 bridgehead atoms. The minimum absolute atomic E-state index is 0.0298. The van der Waals surface area contributed by atoms with Crippen molar-refractivity contribution in [3.05, 3.63) is 0 Å². The van der Waals surface area contributed by atoms with E-state index >= 15 is 0 Å². The molecule has 1 heterocycles. The van der Waals surface area contributed by atoms with Crippen LogP contribution in [0.3, 0.4) is 0 Å². The Kier molecular flexibility index (Phi) is 5.40. The molecule has 10 heteroatoms. The first kappa shape index (κ1) is 17.5. The molecule has 0 spiro atoms. The summed E-state index contributed by atoms with van der Waals surface area (Å²) in [5.41, 5.74) is 0. The highest BCUT2D eigenvalue weighted by Gasteiger charge is 2.35. The summed E-state index contributed by atoms with van der Waals surface area (Å²) in [5, 5.41) is 18.2. The van der Waals surface area contributed by atoms with E-state index in [1.165, 1.54) is 4.31 Å².